The van der Waals surface area contributed by atoms with Gasteiger partial charge in [0.1, 0.15) is 0 Å². The number of nitrogens with one attached hydrogen (secondary N) is 1. The Kier molecular flexibility index (Phi) is 4.99. The summed E-state index contributed by atoms with van der Waals surface area (Å²) in [5, 5.41) is 3.12. The zero-order valence-corrected chi connectivity index (χ0v) is 11.9. The molecular formula is C14H28N2O. The van der Waals surface area contributed by atoms with Gasteiger partial charge in [0.05, 0.1) is 0 Å². The molecule has 100 valence electrons. The summed E-state index contributed by atoms with van der Waals surface area (Å²) >= 11 is 0. The van der Waals surface area contributed by atoms with Gasteiger partial charge in [0, 0.05) is 18.0 Å². The molecule has 3 nitrogen and oxygen atoms in total. The molecule has 1 aliphatic carbocycles. The Balaban J connectivity index is 2.57. The van der Waals surface area contributed by atoms with Gasteiger partial charge in [0.2, 0.25) is 5.91 Å². The molecule has 0 heterocycles. The number of nitrogens with two attached hydrogens (primary N) is 1. The van der Waals surface area contributed by atoms with Gasteiger partial charge in [-0.1, -0.05) is 27.7 Å². The molecule has 3 N–H and O–H groups in total. The van der Waals surface area contributed by atoms with Crippen molar-refractivity contribution in [3.63, 3.8) is 0 Å². The molecule has 5 unspecified atom stereocenters. The molecule has 1 fully saturated rings. The van der Waals surface area contributed by atoms with E-state index >= 15 is 0 Å². The fourth-order valence-electron chi connectivity index (χ4n) is 2.55. The summed E-state index contributed by atoms with van der Waals surface area (Å²) in [6.07, 6.45) is 1.90. The van der Waals surface area contributed by atoms with Gasteiger partial charge in [-0.05, 0) is 37.5 Å². The molecule has 0 spiro atoms. The van der Waals surface area contributed by atoms with Crippen LogP contribution in [-0.4, -0.2) is 18.0 Å². The topological polar surface area (TPSA) is 55.1 Å². The van der Waals surface area contributed by atoms with Crippen molar-refractivity contribution in [3.05, 3.63) is 0 Å². The maximum atomic E-state index is 12.2. The molecule has 0 radical (unpaired) electrons. The van der Waals surface area contributed by atoms with Crippen molar-refractivity contribution < 1.29 is 4.79 Å². The van der Waals surface area contributed by atoms with E-state index in [-0.39, 0.29) is 23.9 Å². The third kappa shape index (κ3) is 3.70. The number of rotatable bonds is 3. The Morgan fingerprint density at radius 1 is 1.18 bits per heavy atom. The zero-order chi connectivity index (χ0) is 13.2. The van der Waals surface area contributed by atoms with Gasteiger partial charge in [-0.25, -0.2) is 0 Å². The van der Waals surface area contributed by atoms with Gasteiger partial charge < -0.3 is 11.1 Å². The Bertz CT molecular complexity index is 265. The normalized spacial score (nSPS) is 35.7. The van der Waals surface area contributed by atoms with E-state index in [2.05, 4.69) is 39.9 Å². The lowest BCUT2D eigenvalue weighted by Gasteiger charge is -2.36. The molecule has 5 atom stereocenters. The predicted molar refractivity (Wildman–Crippen MR) is 71.5 cm³/mol. The van der Waals surface area contributed by atoms with E-state index in [9.17, 15) is 4.79 Å². The maximum Gasteiger partial charge on any atom is 0.223 e. The average Bonchev–Trinajstić information content (AvgIpc) is 2.22. The van der Waals surface area contributed by atoms with Crippen LogP contribution in [-0.2, 0) is 4.79 Å². The molecule has 1 rings (SSSR count). The van der Waals surface area contributed by atoms with Gasteiger partial charge in [-0.3, -0.25) is 4.79 Å². The SMILES string of the molecule is CC(C)C(C)NC(=O)C1CC(N)C(C)CC1C. The molecule has 1 saturated carbocycles. The molecule has 0 aromatic heterocycles. The number of hydrogen-bond donors (Lipinski definition) is 2. The van der Waals surface area contributed by atoms with Crippen molar-refractivity contribution in [3.8, 4) is 0 Å². The Hall–Kier alpha value is -0.570. The molecular weight excluding hydrogens is 212 g/mol. The summed E-state index contributed by atoms with van der Waals surface area (Å²) in [5.74, 6) is 1.76. The highest BCUT2D eigenvalue weighted by Gasteiger charge is 2.35. The Morgan fingerprint density at radius 3 is 2.29 bits per heavy atom. The van der Waals surface area contributed by atoms with Crippen LogP contribution in [0.4, 0.5) is 0 Å². The maximum absolute atomic E-state index is 12.2. The highest BCUT2D eigenvalue weighted by molar-refractivity contribution is 5.79. The number of hydrogen-bond acceptors (Lipinski definition) is 2. The highest BCUT2D eigenvalue weighted by atomic mass is 16.1. The van der Waals surface area contributed by atoms with Crippen molar-refractivity contribution in [2.45, 2.75) is 59.5 Å². The minimum Gasteiger partial charge on any atom is -0.353 e. The van der Waals surface area contributed by atoms with Crippen LogP contribution in [0.5, 0.6) is 0 Å². The second-order valence-electron chi connectivity index (χ2n) is 6.24. The third-order valence-electron chi connectivity index (χ3n) is 4.39. The first-order valence-electron chi connectivity index (χ1n) is 6.88. The molecule has 0 aromatic rings. The minimum atomic E-state index is 0.0994. The number of amides is 1. The summed E-state index contributed by atoms with van der Waals surface area (Å²) in [6.45, 7) is 10.7. The summed E-state index contributed by atoms with van der Waals surface area (Å²) < 4.78 is 0. The van der Waals surface area contributed by atoms with Crippen molar-refractivity contribution in [2.75, 3.05) is 0 Å². The van der Waals surface area contributed by atoms with Gasteiger partial charge in [-0.2, -0.15) is 0 Å². The number of carbonyl (C=O) groups is 1. The van der Waals surface area contributed by atoms with E-state index in [1.807, 2.05) is 0 Å². The Morgan fingerprint density at radius 2 is 1.76 bits per heavy atom. The molecule has 1 amide bonds. The second-order valence-corrected chi connectivity index (χ2v) is 6.24. The molecule has 17 heavy (non-hydrogen) atoms. The lowest BCUT2D eigenvalue weighted by atomic mass is 9.72. The van der Waals surface area contributed by atoms with Crippen LogP contribution >= 0.6 is 0 Å². The summed E-state index contributed by atoms with van der Waals surface area (Å²) in [7, 11) is 0. The van der Waals surface area contributed by atoms with Crippen LogP contribution in [0.25, 0.3) is 0 Å². The van der Waals surface area contributed by atoms with Crippen LogP contribution < -0.4 is 11.1 Å². The lowest BCUT2D eigenvalue weighted by molar-refractivity contribution is -0.129. The van der Waals surface area contributed by atoms with Crippen LogP contribution in [0.2, 0.25) is 0 Å². The third-order valence-corrected chi connectivity index (χ3v) is 4.39. The van der Waals surface area contributed by atoms with Crippen molar-refractivity contribution >= 4 is 5.91 Å². The van der Waals surface area contributed by atoms with Gasteiger partial charge >= 0.3 is 0 Å². The van der Waals surface area contributed by atoms with Crippen molar-refractivity contribution in [2.24, 2.45) is 29.4 Å². The van der Waals surface area contributed by atoms with Crippen molar-refractivity contribution in [1.82, 2.24) is 5.32 Å². The van der Waals surface area contributed by atoms with E-state index in [0.717, 1.165) is 12.8 Å². The van der Waals surface area contributed by atoms with E-state index in [0.29, 0.717) is 17.8 Å². The fraction of sp³-hybridized carbons (Fsp3) is 0.929. The second kappa shape index (κ2) is 5.85. The van der Waals surface area contributed by atoms with Crippen LogP contribution in [0, 0.1) is 23.7 Å². The molecule has 0 saturated heterocycles. The fourth-order valence-corrected chi connectivity index (χ4v) is 2.55. The largest absolute Gasteiger partial charge is 0.353 e. The van der Waals surface area contributed by atoms with E-state index < -0.39 is 0 Å². The number of carbonyl (C=O) groups excluding carboxylic acids is 1. The van der Waals surface area contributed by atoms with E-state index in [4.69, 9.17) is 5.73 Å². The molecule has 1 aliphatic rings. The zero-order valence-electron chi connectivity index (χ0n) is 11.9. The summed E-state index contributed by atoms with van der Waals surface area (Å²) in [4.78, 5) is 12.2. The molecule has 0 bridgehead atoms. The van der Waals surface area contributed by atoms with Gasteiger partial charge in [0.15, 0.2) is 0 Å². The summed E-state index contributed by atoms with van der Waals surface area (Å²) in [5.41, 5.74) is 6.08. The van der Waals surface area contributed by atoms with Crippen LogP contribution in [0.15, 0.2) is 0 Å². The lowest BCUT2D eigenvalue weighted by Crippen LogP contribution is -2.47. The van der Waals surface area contributed by atoms with Gasteiger partial charge in [-0.15, -0.1) is 0 Å². The van der Waals surface area contributed by atoms with Crippen LogP contribution in [0.1, 0.15) is 47.5 Å². The molecule has 0 aromatic carbocycles. The average molecular weight is 240 g/mol. The quantitative estimate of drug-likeness (QED) is 0.794. The van der Waals surface area contributed by atoms with Crippen molar-refractivity contribution in [1.29, 1.82) is 0 Å². The highest BCUT2D eigenvalue weighted by Crippen LogP contribution is 2.33. The predicted octanol–water partition coefficient (Wildman–Crippen LogP) is 2.16. The van der Waals surface area contributed by atoms with Gasteiger partial charge in [0.25, 0.3) is 0 Å². The van der Waals surface area contributed by atoms with E-state index in [1.165, 1.54) is 0 Å². The van der Waals surface area contributed by atoms with E-state index in [1.54, 1.807) is 0 Å². The first kappa shape index (κ1) is 14.5. The molecule has 0 aliphatic heterocycles. The smallest absolute Gasteiger partial charge is 0.223 e. The summed E-state index contributed by atoms with van der Waals surface area (Å²) in [6, 6.07) is 0.418. The van der Waals surface area contributed by atoms with Crippen LogP contribution in [0.3, 0.4) is 0 Å². The minimum absolute atomic E-state index is 0.0994. The Labute approximate surface area is 106 Å². The standard InChI is InChI=1S/C14H28N2O/c1-8(2)11(5)16-14(17)12-7-13(15)10(4)6-9(12)3/h8-13H,6-7,15H2,1-5H3,(H,16,17). The molecule has 3 heteroatoms. The first-order valence-corrected chi connectivity index (χ1v) is 6.88. The first-order chi connectivity index (χ1) is 7.82. The monoisotopic (exact) mass is 240 g/mol.